The van der Waals surface area contributed by atoms with Crippen LogP contribution in [0.1, 0.15) is 20.8 Å². The Morgan fingerprint density at radius 1 is 1.14 bits per heavy atom. The number of esters is 1. The number of thioether (sulfide) groups is 1. The summed E-state index contributed by atoms with van der Waals surface area (Å²) in [6.07, 6.45) is -0.196. The van der Waals surface area contributed by atoms with Crippen LogP contribution in [0.25, 0.3) is 16.6 Å². The number of carbonyl (C=O) groups excluding carboxylic acids is 1. The third-order valence-corrected chi connectivity index (χ3v) is 4.75. The standard InChI is InChI=1S/C21H22N2O4S/c1-4-26-18-12-8-7-11-17(18)23-20(25)15-9-5-6-10-16(15)22-21(23)28-13-19(24)27-14(2)3/h5-12,14H,4,13H2,1-3H3. The molecule has 2 aromatic carbocycles. The molecule has 0 spiro atoms. The van der Waals surface area contributed by atoms with E-state index in [0.717, 1.165) is 0 Å². The van der Waals surface area contributed by atoms with Crippen LogP contribution in [0.3, 0.4) is 0 Å². The molecule has 0 radical (unpaired) electrons. The molecule has 7 heteroatoms. The van der Waals surface area contributed by atoms with Gasteiger partial charge in [0.25, 0.3) is 5.56 Å². The molecule has 0 amide bonds. The third-order valence-electron chi connectivity index (χ3n) is 3.84. The molecule has 0 fully saturated rings. The fourth-order valence-electron chi connectivity index (χ4n) is 2.76. The second-order valence-electron chi connectivity index (χ2n) is 6.28. The number of hydrogen-bond acceptors (Lipinski definition) is 6. The zero-order valence-corrected chi connectivity index (χ0v) is 16.9. The zero-order valence-electron chi connectivity index (χ0n) is 16.0. The molecule has 0 saturated carbocycles. The maximum absolute atomic E-state index is 13.3. The van der Waals surface area contributed by atoms with Crippen molar-refractivity contribution in [3.8, 4) is 11.4 Å². The summed E-state index contributed by atoms with van der Waals surface area (Å²) in [5.41, 5.74) is 0.960. The quantitative estimate of drug-likeness (QED) is 0.342. The van der Waals surface area contributed by atoms with Crippen LogP contribution in [0.2, 0.25) is 0 Å². The Kier molecular flexibility index (Phi) is 6.36. The maximum atomic E-state index is 13.3. The lowest BCUT2D eigenvalue weighted by Crippen LogP contribution is -2.23. The van der Waals surface area contributed by atoms with Crippen molar-refractivity contribution in [1.29, 1.82) is 0 Å². The molecular weight excluding hydrogens is 376 g/mol. The van der Waals surface area contributed by atoms with Gasteiger partial charge in [-0.15, -0.1) is 0 Å². The number of hydrogen-bond donors (Lipinski definition) is 0. The minimum absolute atomic E-state index is 0.0553. The highest BCUT2D eigenvalue weighted by Crippen LogP contribution is 2.27. The first-order chi connectivity index (χ1) is 13.5. The number of ether oxygens (including phenoxy) is 2. The summed E-state index contributed by atoms with van der Waals surface area (Å²) in [6.45, 7) is 5.95. The Labute approximate surface area is 167 Å². The molecule has 0 saturated heterocycles. The predicted octanol–water partition coefficient (Wildman–Crippen LogP) is 3.83. The van der Waals surface area contributed by atoms with Crippen LogP contribution in [-0.2, 0) is 9.53 Å². The molecule has 0 bridgehead atoms. The molecule has 1 heterocycles. The second-order valence-corrected chi connectivity index (χ2v) is 7.22. The van der Waals surface area contributed by atoms with Gasteiger partial charge >= 0.3 is 5.97 Å². The third kappa shape index (κ3) is 4.36. The van der Waals surface area contributed by atoms with E-state index in [1.807, 2.05) is 31.2 Å². The molecule has 3 rings (SSSR count). The molecule has 28 heavy (non-hydrogen) atoms. The van der Waals surface area contributed by atoms with E-state index in [-0.39, 0.29) is 23.4 Å². The fourth-order valence-corrected chi connectivity index (χ4v) is 3.55. The number of aromatic nitrogens is 2. The zero-order chi connectivity index (χ0) is 20.1. The van der Waals surface area contributed by atoms with Gasteiger partial charge in [0, 0.05) is 0 Å². The summed E-state index contributed by atoms with van der Waals surface area (Å²) in [5.74, 6) is 0.280. The summed E-state index contributed by atoms with van der Waals surface area (Å²) in [4.78, 5) is 29.9. The SMILES string of the molecule is CCOc1ccccc1-n1c(SCC(=O)OC(C)C)nc2ccccc2c1=O. The number of fused-ring (bicyclic) bond motifs is 1. The van der Waals surface area contributed by atoms with Crippen molar-refractivity contribution in [2.75, 3.05) is 12.4 Å². The van der Waals surface area contributed by atoms with Crippen molar-refractivity contribution in [2.45, 2.75) is 32.0 Å². The number of carbonyl (C=O) groups is 1. The molecule has 6 nitrogen and oxygen atoms in total. The Morgan fingerprint density at radius 3 is 2.61 bits per heavy atom. The summed E-state index contributed by atoms with van der Waals surface area (Å²) in [5, 5.41) is 0.916. The van der Waals surface area contributed by atoms with Crippen LogP contribution in [0.15, 0.2) is 58.5 Å². The molecule has 3 aromatic rings. The highest BCUT2D eigenvalue weighted by Gasteiger charge is 2.18. The highest BCUT2D eigenvalue weighted by atomic mass is 32.2. The van der Waals surface area contributed by atoms with Gasteiger partial charge in [0.1, 0.15) is 5.75 Å². The van der Waals surface area contributed by atoms with Crippen molar-refractivity contribution in [1.82, 2.24) is 9.55 Å². The second kappa shape index (κ2) is 8.93. The van der Waals surface area contributed by atoms with Crippen LogP contribution in [0.4, 0.5) is 0 Å². The average Bonchev–Trinajstić information content (AvgIpc) is 2.67. The Balaban J connectivity index is 2.13. The van der Waals surface area contributed by atoms with Crippen LogP contribution in [-0.4, -0.2) is 34.0 Å². The number of benzene rings is 2. The molecule has 146 valence electrons. The molecule has 0 aliphatic carbocycles. The first-order valence-corrected chi connectivity index (χ1v) is 10.1. The van der Waals surface area contributed by atoms with E-state index >= 15 is 0 Å². The van der Waals surface area contributed by atoms with Crippen molar-refractivity contribution < 1.29 is 14.3 Å². The van der Waals surface area contributed by atoms with Crippen LogP contribution < -0.4 is 10.3 Å². The Morgan fingerprint density at radius 2 is 1.86 bits per heavy atom. The Hall–Kier alpha value is -2.80. The normalized spacial score (nSPS) is 11.0. The lowest BCUT2D eigenvalue weighted by Gasteiger charge is -2.16. The van der Waals surface area contributed by atoms with E-state index in [1.165, 1.54) is 16.3 Å². The van der Waals surface area contributed by atoms with Gasteiger partial charge in [-0.05, 0) is 45.0 Å². The number of nitrogens with zero attached hydrogens (tertiary/aromatic N) is 2. The van der Waals surface area contributed by atoms with E-state index < -0.39 is 0 Å². The predicted molar refractivity (Wildman–Crippen MR) is 110 cm³/mol. The van der Waals surface area contributed by atoms with Crippen molar-refractivity contribution >= 4 is 28.6 Å². The van der Waals surface area contributed by atoms with Gasteiger partial charge in [-0.2, -0.15) is 0 Å². The van der Waals surface area contributed by atoms with E-state index in [4.69, 9.17) is 9.47 Å². The van der Waals surface area contributed by atoms with Crippen molar-refractivity contribution in [3.63, 3.8) is 0 Å². The fraction of sp³-hybridized carbons (Fsp3) is 0.286. The van der Waals surface area contributed by atoms with E-state index in [1.54, 1.807) is 38.1 Å². The van der Waals surface area contributed by atoms with Crippen LogP contribution in [0, 0.1) is 0 Å². The molecule has 0 aliphatic rings. The lowest BCUT2D eigenvalue weighted by molar-refractivity contribution is -0.144. The lowest BCUT2D eigenvalue weighted by atomic mass is 10.2. The minimum Gasteiger partial charge on any atom is -0.492 e. The van der Waals surface area contributed by atoms with Gasteiger partial charge in [0.05, 0.1) is 35.1 Å². The number of para-hydroxylation sites is 3. The monoisotopic (exact) mass is 398 g/mol. The largest absolute Gasteiger partial charge is 0.492 e. The summed E-state index contributed by atoms with van der Waals surface area (Å²) in [7, 11) is 0. The van der Waals surface area contributed by atoms with E-state index in [2.05, 4.69) is 4.98 Å². The minimum atomic E-state index is -0.355. The molecule has 0 aliphatic heterocycles. The van der Waals surface area contributed by atoms with Gasteiger partial charge in [-0.1, -0.05) is 36.0 Å². The van der Waals surface area contributed by atoms with E-state index in [9.17, 15) is 9.59 Å². The maximum Gasteiger partial charge on any atom is 0.316 e. The molecule has 0 unspecified atom stereocenters. The Bertz CT molecular complexity index is 1050. The van der Waals surface area contributed by atoms with Gasteiger partial charge < -0.3 is 9.47 Å². The summed E-state index contributed by atoms with van der Waals surface area (Å²) < 4.78 is 12.4. The highest BCUT2D eigenvalue weighted by molar-refractivity contribution is 7.99. The number of rotatable bonds is 7. The van der Waals surface area contributed by atoms with Crippen LogP contribution in [0.5, 0.6) is 5.75 Å². The smallest absolute Gasteiger partial charge is 0.316 e. The molecule has 1 aromatic heterocycles. The topological polar surface area (TPSA) is 70.4 Å². The molecule has 0 N–H and O–H groups in total. The van der Waals surface area contributed by atoms with Gasteiger partial charge in [-0.25, -0.2) is 4.98 Å². The first-order valence-electron chi connectivity index (χ1n) is 9.07. The van der Waals surface area contributed by atoms with Crippen LogP contribution >= 0.6 is 11.8 Å². The molecule has 0 atom stereocenters. The first kappa shape index (κ1) is 19.9. The van der Waals surface area contributed by atoms with Gasteiger partial charge in [0.15, 0.2) is 5.16 Å². The average molecular weight is 398 g/mol. The van der Waals surface area contributed by atoms with Crippen molar-refractivity contribution in [3.05, 3.63) is 58.9 Å². The van der Waals surface area contributed by atoms with Gasteiger partial charge in [-0.3, -0.25) is 14.2 Å². The van der Waals surface area contributed by atoms with Gasteiger partial charge in [0.2, 0.25) is 0 Å². The summed E-state index contributed by atoms with van der Waals surface area (Å²) in [6, 6.07) is 14.5. The van der Waals surface area contributed by atoms with E-state index in [0.29, 0.717) is 34.1 Å². The molecular formula is C21H22N2O4S. The summed E-state index contributed by atoms with van der Waals surface area (Å²) >= 11 is 1.17. The van der Waals surface area contributed by atoms with Crippen molar-refractivity contribution in [2.24, 2.45) is 0 Å².